The lowest BCUT2D eigenvalue weighted by molar-refractivity contribution is 0.344. The number of aryl methyl sites for hydroxylation is 1. The summed E-state index contributed by atoms with van der Waals surface area (Å²) in [5.41, 5.74) is 7.64. The van der Waals surface area contributed by atoms with Gasteiger partial charge in [-0.2, -0.15) is 26.7 Å². The maximum Gasteiger partial charge on any atom is 0.232 e. The second-order valence-corrected chi connectivity index (χ2v) is 6.88. The highest BCUT2D eigenvalue weighted by atomic mass is 32.2. The molecule has 0 bridgehead atoms. The Labute approximate surface area is 161 Å². The maximum atomic E-state index is 13.0. The van der Waals surface area contributed by atoms with Gasteiger partial charge in [-0.15, -0.1) is 0 Å². The predicted octanol–water partition coefficient (Wildman–Crippen LogP) is 3.96. The molecule has 0 aliphatic heterocycles. The van der Waals surface area contributed by atoms with Gasteiger partial charge in [-0.05, 0) is 43.3 Å². The Morgan fingerprint density at radius 2 is 1.78 bits per heavy atom. The number of benzene rings is 2. The molecule has 6 nitrogen and oxygen atoms in total. The van der Waals surface area contributed by atoms with Crippen molar-refractivity contribution in [3.8, 4) is 5.75 Å². The number of nitrogens with one attached hydrogen (secondary N) is 1. The molecule has 0 saturated heterocycles. The minimum Gasteiger partial charge on any atom is -0.493 e. The van der Waals surface area contributed by atoms with Crippen LogP contribution in [0.25, 0.3) is 0 Å². The number of ether oxygens (including phenoxy) is 1. The maximum absolute atomic E-state index is 13.0. The first kappa shape index (κ1) is 18.9. The number of nitrogen functional groups attached to an aromatic ring is 1. The van der Waals surface area contributed by atoms with Crippen molar-refractivity contribution in [3.05, 3.63) is 65.7 Å². The van der Waals surface area contributed by atoms with Crippen LogP contribution < -0.4 is 15.8 Å². The topological polar surface area (TPSA) is 86.0 Å². The molecule has 2 aromatic carbocycles. The highest BCUT2D eigenvalue weighted by Gasteiger charge is 2.06. The number of hydrogen-bond donors (Lipinski definition) is 2. The van der Waals surface area contributed by atoms with Gasteiger partial charge in [0.15, 0.2) is 0 Å². The van der Waals surface area contributed by atoms with Crippen molar-refractivity contribution in [2.45, 2.75) is 12.7 Å². The zero-order chi connectivity index (χ0) is 19.1. The van der Waals surface area contributed by atoms with E-state index in [1.807, 2.05) is 31.2 Å². The van der Waals surface area contributed by atoms with Crippen LogP contribution in [0.15, 0.2) is 48.5 Å². The van der Waals surface area contributed by atoms with Gasteiger partial charge in [0.25, 0.3) is 0 Å². The van der Waals surface area contributed by atoms with Crippen molar-refractivity contribution in [1.82, 2.24) is 15.0 Å². The van der Waals surface area contributed by atoms with E-state index in [1.165, 1.54) is 17.7 Å². The molecule has 140 valence electrons. The first-order chi connectivity index (χ1) is 13.1. The van der Waals surface area contributed by atoms with Gasteiger partial charge in [0, 0.05) is 11.4 Å². The summed E-state index contributed by atoms with van der Waals surface area (Å²) in [6, 6.07) is 13.9. The quantitative estimate of drug-likeness (QED) is 0.568. The third-order valence-corrected chi connectivity index (χ3v) is 4.47. The number of halogens is 1. The second-order valence-electron chi connectivity index (χ2n) is 5.78. The molecule has 3 aromatic rings. The summed E-state index contributed by atoms with van der Waals surface area (Å²) in [6.45, 7) is 2.63. The number of nitrogens with two attached hydrogens (primary N) is 1. The Kier molecular flexibility index (Phi) is 6.43. The largest absolute Gasteiger partial charge is 0.493 e. The molecule has 27 heavy (non-hydrogen) atoms. The highest BCUT2D eigenvalue weighted by Crippen LogP contribution is 2.17. The molecule has 1 aromatic heterocycles. The Morgan fingerprint density at radius 1 is 1.04 bits per heavy atom. The van der Waals surface area contributed by atoms with Crippen molar-refractivity contribution in [2.75, 3.05) is 23.4 Å². The zero-order valence-electron chi connectivity index (χ0n) is 14.9. The number of anilines is 3. The average Bonchev–Trinajstić information content (AvgIpc) is 2.64. The summed E-state index contributed by atoms with van der Waals surface area (Å²) >= 11 is 1.64. The van der Waals surface area contributed by atoms with Crippen LogP contribution in [0, 0.1) is 12.7 Å². The van der Waals surface area contributed by atoms with Gasteiger partial charge in [0.1, 0.15) is 17.4 Å². The van der Waals surface area contributed by atoms with E-state index < -0.39 is 0 Å². The van der Waals surface area contributed by atoms with Gasteiger partial charge in [0.2, 0.25) is 11.9 Å². The molecule has 0 amide bonds. The standard InChI is InChI=1S/C19H20FN5OS/c1-13-2-8-16(9-3-13)26-10-11-27-12-17-23-18(21)25-19(24-17)22-15-6-4-14(20)5-7-15/h2-9H,10-12H2,1H3,(H3,21,22,23,24,25). The fourth-order valence-electron chi connectivity index (χ4n) is 2.24. The average molecular weight is 385 g/mol. The smallest absolute Gasteiger partial charge is 0.232 e. The molecule has 0 unspecified atom stereocenters. The molecular formula is C19H20FN5OS. The molecule has 0 aliphatic rings. The van der Waals surface area contributed by atoms with Crippen LogP contribution in [0.1, 0.15) is 11.4 Å². The van der Waals surface area contributed by atoms with Crippen LogP contribution in [0.4, 0.5) is 22.0 Å². The fourth-order valence-corrected chi connectivity index (χ4v) is 2.89. The molecule has 0 atom stereocenters. The molecule has 8 heteroatoms. The monoisotopic (exact) mass is 385 g/mol. The van der Waals surface area contributed by atoms with Crippen molar-refractivity contribution in [3.63, 3.8) is 0 Å². The van der Waals surface area contributed by atoms with Gasteiger partial charge in [0.05, 0.1) is 12.4 Å². The van der Waals surface area contributed by atoms with Gasteiger partial charge in [-0.1, -0.05) is 17.7 Å². The molecular weight excluding hydrogens is 365 g/mol. The van der Waals surface area contributed by atoms with Crippen molar-refractivity contribution < 1.29 is 9.13 Å². The molecule has 3 N–H and O–H groups in total. The number of rotatable bonds is 8. The van der Waals surface area contributed by atoms with Crippen molar-refractivity contribution in [2.24, 2.45) is 0 Å². The van der Waals surface area contributed by atoms with Crippen LogP contribution >= 0.6 is 11.8 Å². The van der Waals surface area contributed by atoms with Crippen LogP contribution in [0.3, 0.4) is 0 Å². The Hall–Kier alpha value is -2.87. The van der Waals surface area contributed by atoms with Crippen LogP contribution in [-0.2, 0) is 5.75 Å². The van der Waals surface area contributed by atoms with Gasteiger partial charge >= 0.3 is 0 Å². The summed E-state index contributed by atoms with van der Waals surface area (Å²) in [7, 11) is 0. The van der Waals surface area contributed by atoms with E-state index in [9.17, 15) is 4.39 Å². The normalized spacial score (nSPS) is 10.6. The van der Waals surface area contributed by atoms with E-state index in [2.05, 4.69) is 20.3 Å². The predicted molar refractivity (Wildman–Crippen MR) is 107 cm³/mol. The van der Waals surface area contributed by atoms with E-state index in [1.54, 1.807) is 23.9 Å². The molecule has 0 fully saturated rings. The lowest BCUT2D eigenvalue weighted by atomic mass is 10.2. The SMILES string of the molecule is Cc1ccc(OCCSCc2nc(N)nc(Nc3ccc(F)cc3)n2)cc1. The van der Waals surface area contributed by atoms with Gasteiger partial charge in [-0.25, -0.2) is 4.39 Å². The summed E-state index contributed by atoms with van der Waals surface area (Å²) < 4.78 is 18.7. The fraction of sp³-hybridized carbons (Fsp3) is 0.211. The first-order valence-corrected chi connectivity index (χ1v) is 9.54. The second kappa shape index (κ2) is 9.18. The Balaban J connectivity index is 1.48. The van der Waals surface area contributed by atoms with E-state index in [-0.39, 0.29) is 11.8 Å². The van der Waals surface area contributed by atoms with Crippen molar-refractivity contribution in [1.29, 1.82) is 0 Å². The third kappa shape index (κ3) is 6.10. The molecule has 0 aliphatic carbocycles. The lowest BCUT2D eigenvalue weighted by Crippen LogP contribution is -2.07. The summed E-state index contributed by atoms with van der Waals surface area (Å²) in [5.74, 6) is 2.98. The van der Waals surface area contributed by atoms with E-state index >= 15 is 0 Å². The lowest BCUT2D eigenvalue weighted by Gasteiger charge is -2.08. The first-order valence-electron chi connectivity index (χ1n) is 8.39. The Bertz CT molecular complexity index is 874. The van der Waals surface area contributed by atoms with Gasteiger partial charge in [-0.3, -0.25) is 0 Å². The van der Waals surface area contributed by atoms with Crippen molar-refractivity contribution >= 4 is 29.3 Å². The molecule has 0 spiro atoms. The van der Waals surface area contributed by atoms with Crippen LogP contribution in [0.5, 0.6) is 5.75 Å². The van der Waals surface area contributed by atoms with Crippen LogP contribution in [-0.4, -0.2) is 27.3 Å². The summed E-state index contributed by atoms with van der Waals surface area (Å²) in [4.78, 5) is 12.6. The van der Waals surface area contributed by atoms with E-state index in [0.29, 0.717) is 29.8 Å². The molecule has 0 saturated carbocycles. The molecule has 3 rings (SSSR count). The Morgan fingerprint density at radius 3 is 2.52 bits per heavy atom. The number of thioether (sulfide) groups is 1. The number of aromatic nitrogens is 3. The number of nitrogens with zero attached hydrogens (tertiary/aromatic N) is 3. The third-order valence-electron chi connectivity index (χ3n) is 3.55. The van der Waals surface area contributed by atoms with Crippen LogP contribution in [0.2, 0.25) is 0 Å². The van der Waals surface area contributed by atoms with Gasteiger partial charge < -0.3 is 15.8 Å². The molecule has 0 radical (unpaired) electrons. The minimum atomic E-state index is -0.305. The molecule has 1 heterocycles. The van der Waals surface area contributed by atoms with E-state index in [4.69, 9.17) is 10.5 Å². The highest BCUT2D eigenvalue weighted by molar-refractivity contribution is 7.98. The van der Waals surface area contributed by atoms with E-state index in [0.717, 1.165) is 11.5 Å². The number of hydrogen-bond acceptors (Lipinski definition) is 7. The summed E-state index contributed by atoms with van der Waals surface area (Å²) in [5, 5.41) is 3.00. The zero-order valence-corrected chi connectivity index (χ0v) is 15.7. The minimum absolute atomic E-state index is 0.140. The summed E-state index contributed by atoms with van der Waals surface area (Å²) in [6.07, 6.45) is 0.